The quantitative estimate of drug-likeness (QED) is 0.840. The van der Waals surface area contributed by atoms with Crippen LogP contribution in [0.2, 0.25) is 0 Å². The fourth-order valence-corrected chi connectivity index (χ4v) is 1.48. The molecule has 0 amide bonds. The number of halogens is 6. The molecule has 1 aromatic rings. The van der Waals surface area contributed by atoms with E-state index in [9.17, 15) is 26.3 Å². The zero-order chi connectivity index (χ0) is 14.8. The van der Waals surface area contributed by atoms with Crippen molar-refractivity contribution in [2.24, 2.45) is 0 Å². The summed E-state index contributed by atoms with van der Waals surface area (Å²) in [7, 11) is 0. The minimum absolute atomic E-state index is 0.00465. The fourth-order valence-electron chi connectivity index (χ4n) is 1.48. The number of aliphatic hydroxyl groups is 2. The largest absolute Gasteiger partial charge is 0.416 e. The third kappa shape index (κ3) is 3.84. The van der Waals surface area contributed by atoms with Gasteiger partial charge in [-0.05, 0) is 23.8 Å². The molecule has 0 atom stereocenters. The van der Waals surface area contributed by atoms with Crippen molar-refractivity contribution in [1.29, 1.82) is 0 Å². The highest BCUT2D eigenvalue weighted by Gasteiger charge is 2.37. The van der Waals surface area contributed by atoms with Gasteiger partial charge in [0.2, 0.25) is 0 Å². The molecule has 0 aromatic heterocycles. The van der Waals surface area contributed by atoms with E-state index in [0.29, 0.717) is 12.1 Å². The first-order valence-corrected chi connectivity index (χ1v) is 5.10. The van der Waals surface area contributed by atoms with Gasteiger partial charge in [-0.15, -0.1) is 0 Å². The molecule has 0 spiro atoms. The van der Waals surface area contributed by atoms with E-state index in [2.05, 4.69) is 0 Å². The van der Waals surface area contributed by atoms with Crippen LogP contribution >= 0.6 is 0 Å². The lowest BCUT2D eigenvalue weighted by Crippen LogP contribution is -2.15. The van der Waals surface area contributed by atoms with E-state index in [1.165, 1.54) is 0 Å². The third-order valence-electron chi connectivity index (χ3n) is 2.52. The lowest BCUT2D eigenvalue weighted by atomic mass is 9.95. The Labute approximate surface area is 104 Å². The SMILES string of the molecule is OCC(CO)c1cc(C(F)(F)F)cc(C(F)(F)F)c1. The summed E-state index contributed by atoms with van der Waals surface area (Å²) in [5.41, 5.74) is -3.35. The Morgan fingerprint density at radius 2 is 1.16 bits per heavy atom. The van der Waals surface area contributed by atoms with Crippen LogP contribution in [-0.2, 0) is 12.4 Å². The molecule has 0 bridgehead atoms. The summed E-state index contributed by atoms with van der Waals surface area (Å²) in [6.45, 7) is -1.51. The Hall–Kier alpha value is -1.28. The lowest BCUT2D eigenvalue weighted by Gasteiger charge is -2.17. The Bertz CT molecular complexity index is 402. The van der Waals surface area contributed by atoms with Gasteiger partial charge < -0.3 is 10.2 Å². The van der Waals surface area contributed by atoms with Crippen molar-refractivity contribution >= 4 is 0 Å². The van der Waals surface area contributed by atoms with Crippen molar-refractivity contribution in [2.75, 3.05) is 13.2 Å². The van der Waals surface area contributed by atoms with Gasteiger partial charge in [0.05, 0.1) is 24.3 Å². The number of rotatable bonds is 3. The highest BCUT2D eigenvalue weighted by molar-refractivity contribution is 5.35. The Kier molecular flexibility index (Phi) is 4.46. The van der Waals surface area contributed by atoms with Crippen LogP contribution < -0.4 is 0 Å². The number of alkyl halides is 6. The molecule has 0 fully saturated rings. The monoisotopic (exact) mass is 288 g/mol. The zero-order valence-electron chi connectivity index (χ0n) is 9.39. The molecule has 0 saturated carbocycles. The molecule has 0 aliphatic rings. The maximum absolute atomic E-state index is 12.5. The second kappa shape index (κ2) is 5.38. The van der Waals surface area contributed by atoms with Gasteiger partial charge in [-0.25, -0.2) is 0 Å². The second-order valence-electron chi connectivity index (χ2n) is 3.90. The van der Waals surface area contributed by atoms with Crippen molar-refractivity contribution in [3.05, 3.63) is 34.9 Å². The number of aliphatic hydroxyl groups excluding tert-OH is 2. The van der Waals surface area contributed by atoms with Crippen LogP contribution in [0, 0.1) is 0 Å². The van der Waals surface area contributed by atoms with Crippen molar-refractivity contribution < 1.29 is 36.6 Å². The summed E-state index contributed by atoms with van der Waals surface area (Å²) < 4.78 is 75.1. The molecule has 0 heterocycles. The molecule has 8 heteroatoms. The van der Waals surface area contributed by atoms with Gasteiger partial charge >= 0.3 is 12.4 Å². The van der Waals surface area contributed by atoms with Crippen LogP contribution in [0.4, 0.5) is 26.3 Å². The minimum atomic E-state index is -4.94. The molecule has 2 N–H and O–H groups in total. The zero-order valence-corrected chi connectivity index (χ0v) is 9.39. The predicted molar refractivity (Wildman–Crippen MR) is 53.4 cm³/mol. The molecule has 19 heavy (non-hydrogen) atoms. The smallest absolute Gasteiger partial charge is 0.396 e. The standard InChI is InChI=1S/C11H10F6O2/c12-10(13,14)8-1-6(7(4-18)5-19)2-9(3-8)11(15,16)17/h1-3,7,18-19H,4-5H2. The van der Waals surface area contributed by atoms with Crippen LogP contribution in [0.5, 0.6) is 0 Å². The predicted octanol–water partition coefficient (Wildman–Crippen LogP) is 2.79. The van der Waals surface area contributed by atoms with E-state index in [4.69, 9.17) is 10.2 Å². The van der Waals surface area contributed by atoms with Gasteiger partial charge in [-0.3, -0.25) is 0 Å². The number of benzene rings is 1. The van der Waals surface area contributed by atoms with E-state index >= 15 is 0 Å². The molecule has 1 rings (SSSR count). The molecule has 1 aromatic carbocycles. The third-order valence-corrected chi connectivity index (χ3v) is 2.52. The van der Waals surface area contributed by atoms with Crippen LogP contribution in [0.3, 0.4) is 0 Å². The fraction of sp³-hybridized carbons (Fsp3) is 0.455. The van der Waals surface area contributed by atoms with Crippen LogP contribution in [0.1, 0.15) is 22.6 Å². The van der Waals surface area contributed by atoms with E-state index < -0.39 is 48.2 Å². The summed E-state index contributed by atoms with van der Waals surface area (Å²) in [4.78, 5) is 0. The number of hydrogen-bond acceptors (Lipinski definition) is 2. The topological polar surface area (TPSA) is 40.5 Å². The van der Waals surface area contributed by atoms with Crippen molar-refractivity contribution in [3.63, 3.8) is 0 Å². The van der Waals surface area contributed by atoms with E-state index in [1.54, 1.807) is 0 Å². The minimum Gasteiger partial charge on any atom is -0.396 e. The summed E-state index contributed by atoms with van der Waals surface area (Å²) in [6.07, 6.45) is -9.88. The van der Waals surface area contributed by atoms with E-state index in [-0.39, 0.29) is 6.07 Å². The summed E-state index contributed by atoms with van der Waals surface area (Å²) in [5, 5.41) is 17.7. The lowest BCUT2D eigenvalue weighted by molar-refractivity contribution is -0.143. The summed E-state index contributed by atoms with van der Waals surface area (Å²) in [6, 6.07) is 0.980. The average Bonchev–Trinajstić information content (AvgIpc) is 2.28. The highest BCUT2D eigenvalue weighted by Crippen LogP contribution is 2.37. The van der Waals surface area contributed by atoms with Gasteiger partial charge in [-0.1, -0.05) is 0 Å². The van der Waals surface area contributed by atoms with Gasteiger partial charge in [0.15, 0.2) is 0 Å². The molecule has 0 radical (unpaired) electrons. The van der Waals surface area contributed by atoms with Gasteiger partial charge in [0.25, 0.3) is 0 Å². The van der Waals surface area contributed by atoms with Crippen molar-refractivity contribution in [3.8, 4) is 0 Å². The maximum atomic E-state index is 12.5. The average molecular weight is 288 g/mol. The first-order chi connectivity index (χ1) is 8.59. The highest BCUT2D eigenvalue weighted by atomic mass is 19.4. The van der Waals surface area contributed by atoms with Crippen molar-refractivity contribution in [1.82, 2.24) is 0 Å². The van der Waals surface area contributed by atoms with Gasteiger partial charge in [-0.2, -0.15) is 26.3 Å². The molecule has 0 aliphatic heterocycles. The molecular formula is C11H10F6O2. The molecule has 0 aliphatic carbocycles. The molecule has 2 nitrogen and oxygen atoms in total. The maximum Gasteiger partial charge on any atom is 0.416 e. The first kappa shape index (κ1) is 15.8. The van der Waals surface area contributed by atoms with Crippen molar-refractivity contribution in [2.45, 2.75) is 18.3 Å². The first-order valence-electron chi connectivity index (χ1n) is 5.10. The number of hydrogen-bond donors (Lipinski definition) is 2. The Morgan fingerprint density at radius 3 is 1.42 bits per heavy atom. The van der Waals surface area contributed by atoms with Gasteiger partial charge in [0, 0.05) is 5.92 Å². The van der Waals surface area contributed by atoms with Crippen LogP contribution in [0.25, 0.3) is 0 Å². The van der Waals surface area contributed by atoms with E-state index in [0.717, 1.165) is 0 Å². The Morgan fingerprint density at radius 1 is 0.789 bits per heavy atom. The Balaban J connectivity index is 3.41. The van der Waals surface area contributed by atoms with E-state index in [1.807, 2.05) is 0 Å². The second-order valence-corrected chi connectivity index (χ2v) is 3.90. The molecule has 0 unspecified atom stereocenters. The normalized spacial score (nSPS) is 13.1. The summed E-state index contributed by atoms with van der Waals surface area (Å²) in [5.74, 6) is -1.19. The summed E-state index contributed by atoms with van der Waals surface area (Å²) >= 11 is 0. The van der Waals surface area contributed by atoms with Crippen LogP contribution in [0.15, 0.2) is 18.2 Å². The van der Waals surface area contributed by atoms with Crippen LogP contribution in [-0.4, -0.2) is 23.4 Å². The molecular weight excluding hydrogens is 278 g/mol. The molecule has 0 saturated heterocycles. The molecule has 108 valence electrons. The van der Waals surface area contributed by atoms with Gasteiger partial charge in [0.1, 0.15) is 0 Å².